The zero-order valence-electron chi connectivity index (χ0n) is 12.9. The summed E-state index contributed by atoms with van der Waals surface area (Å²) < 4.78 is 1.01. The van der Waals surface area contributed by atoms with E-state index in [-0.39, 0.29) is 5.91 Å². The van der Waals surface area contributed by atoms with E-state index in [9.17, 15) is 4.79 Å². The van der Waals surface area contributed by atoms with Crippen molar-refractivity contribution in [2.45, 2.75) is 27.2 Å². The number of benzene rings is 1. The summed E-state index contributed by atoms with van der Waals surface area (Å²) in [6.45, 7) is 6.66. The molecule has 116 valence electrons. The topological polar surface area (TPSA) is 66.9 Å². The van der Waals surface area contributed by atoms with Gasteiger partial charge in [-0.1, -0.05) is 22.9 Å². The molecule has 1 aromatic heterocycles. The van der Waals surface area contributed by atoms with Crippen LogP contribution in [0.4, 0.5) is 11.6 Å². The molecule has 0 aliphatic rings. The van der Waals surface area contributed by atoms with Crippen molar-refractivity contribution < 1.29 is 4.79 Å². The molecular formula is C16H19BrN4O. The molecule has 22 heavy (non-hydrogen) atoms. The van der Waals surface area contributed by atoms with Crippen LogP contribution >= 0.6 is 15.9 Å². The van der Waals surface area contributed by atoms with Crippen LogP contribution in [0.2, 0.25) is 0 Å². The van der Waals surface area contributed by atoms with Gasteiger partial charge in [0.25, 0.3) is 5.91 Å². The third-order valence-electron chi connectivity index (χ3n) is 3.04. The molecule has 2 rings (SSSR count). The lowest BCUT2D eigenvalue weighted by Crippen LogP contribution is -2.16. The highest BCUT2D eigenvalue weighted by Crippen LogP contribution is 2.20. The monoisotopic (exact) mass is 362 g/mol. The standard InChI is InChI=1S/C16H19BrN4O/c1-4-7-18-16-19-11(3)9-14(21-16)15(22)20-12-5-6-13(17)10(2)8-12/h5-6,8-9H,4,7H2,1-3H3,(H,20,22)(H,18,19,21). The molecule has 6 heteroatoms. The molecule has 1 aromatic carbocycles. The molecule has 0 aliphatic heterocycles. The first-order valence-electron chi connectivity index (χ1n) is 7.16. The van der Waals surface area contributed by atoms with E-state index in [2.05, 4.69) is 43.5 Å². The molecule has 0 bridgehead atoms. The Hall–Kier alpha value is -1.95. The molecule has 5 nitrogen and oxygen atoms in total. The highest BCUT2D eigenvalue weighted by atomic mass is 79.9. The molecule has 1 heterocycles. The first-order chi connectivity index (χ1) is 10.5. The van der Waals surface area contributed by atoms with E-state index in [4.69, 9.17) is 0 Å². The molecule has 0 saturated heterocycles. The van der Waals surface area contributed by atoms with Gasteiger partial charge in [-0.05, 0) is 50.1 Å². The second-order valence-electron chi connectivity index (χ2n) is 5.06. The Balaban J connectivity index is 2.17. The van der Waals surface area contributed by atoms with Gasteiger partial charge >= 0.3 is 0 Å². The van der Waals surface area contributed by atoms with Gasteiger partial charge in [0.2, 0.25) is 5.95 Å². The van der Waals surface area contributed by atoms with E-state index in [1.165, 1.54) is 0 Å². The molecule has 0 atom stereocenters. The number of nitrogens with one attached hydrogen (secondary N) is 2. The minimum Gasteiger partial charge on any atom is -0.354 e. The molecule has 0 aliphatic carbocycles. The fourth-order valence-corrected chi connectivity index (χ4v) is 2.16. The molecular weight excluding hydrogens is 344 g/mol. The minimum atomic E-state index is -0.244. The van der Waals surface area contributed by atoms with E-state index >= 15 is 0 Å². The van der Waals surface area contributed by atoms with E-state index < -0.39 is 0 Å². The van der Waals surface area contributed by atoms with Gasteiger partial charge in [-0.15, -0.1) is 0 Å². The van der Waals surface area contributed by atoms with Crippen molar-refractivity contribution in [3.63, 3.8) is 0 Å². The van der Waals surface area contributed by atoms with Crippen molar-refractivity contribution in [2.75, 3.05) is 17.2 Å². The van der Waals surface area contributed by atoms with E-state index in [1.54, 1.807) is 6.07 Å². The summed E-state index contributed by atoms with van der Waals surface area (Å²) in [7, 11) is 0. The predicted molar refractivity (Wildman–Crippen MR) is 92.4 cm³/mol. The molecule has 0 unspecified atom stereocenters. The molecule has 0 fully saturated rings. The zero-order chi connectivity index (χ0) is 16.1. The molecule has 0 spiro atoms. The first-order valence-corrected chi connectivity index (χ1v) is 7.96. The van der Waals surface area contributed by atoms with Gasteiger partial charge in [-0.3, -0.25) is 4.79 Å². The predicted octanol–water partition coefficient (Wildman–Crippen LogP) is 3.93. The van der Waals surface area contributed by atoms with Crippen molar-refractivity contribution in [1.29, 1.82) is 0 Å². The van der Waals surface area contributed by atoms with Gasteiger partial charge in [-0.25, -0.2) is 9.97 Å². The number of aryl methyl sites for hydroxylation is 2. The Morgan fingerprint density at radius 2 is 2.00 bits per heavy atom. The Kier molecular flexibility index (Phi) is 5.49. The Labute approximate surface area is 138 Å². The van der Waals surface area contributed by atoms with Crippen LogP contribution in [0.3, 0.4) is 0 Å². The van der Waals surface area contributed by atoms with Crippen LogP contribution < -0.4 is 10.6 Å². The normalized spacial score (nSPS) is 10.4. The lowest BCUT2D eigenvalue weighted by Gasteiger charge is -2.09. The number of aromatic nitrogens is 2. The van der Waals surface area contributed by atoms with Gasteiger partial charge < -0.3 is 10.6 Å². The Morgan fingerprint density at radius 1 is 1.23 bits per heavy atom. The molecule has 0 radical (unpaired) electrons. The van der Waals surface area contributed by atoms with Crippen molar-refractivity contribution >= 4 is 33.5 Å². The quantitative estimate of drug-likeness (QED) is 0.845. The number of carbonyl (C=O) groups is 1. The number of rotatable bonds is 5. The summed E-state index contributed by atoms with van der Waals surface area (Å²) in [5.74, 6) is 0.241. The number of nitrogens with zero attached hydrogens (tertiary/aromatic N) is 2. The number of halogens is 1. The second kappa shape index (κ2) is 7.35. The summed E-state index contributed by atoms with van der Waals surface area (Å²) in [5.41, 5.74) is 2.91. The highest BCUT2D eigenvalue weighted by molar-refractivity contribution is 9.10. The maximum atomic E-state index is 12.3. The van der Waals surface area contributed by atoms with Gasteiger partial charge in [0.1, 0.15) is 5.69 Å². The zero-order valence-corrected chi connectivity index (χ0v) is 14.5. The minimum absolute atomic E-state index is 0.244. The van der Waals surface area contributed by atoms with Crippen LogP contribution in [0.25, 0.3) is 0 Å². The number of carbonyl (C=O) groups excluding carboxylic acids is 1. The SMILES string of the molecule is CCCNc1nc(C)cc(C(=O)Nc2ccc(Br)c(C)c2)n1. The third kappa shape index (κ3) is 4.27. The van der Waals surface area contributed by atoms with Gasteiger partial charge in [-0.2, -0.15) is 0 Å². The van der Waals surface area contributed by atoms with Crippen LogP contribution in [-0.2, 0) is 0 Å². The van der Waals surface area contributed by atoms with Crippen molar-refractivity contribution in [3.8, 4) is 0 Å². The first kappa shape index (κ1) is 16.4. The van der Waals surface area contributed by atoms with Crippen LogP contribution in [0.15, 0.2) is 28.7 Å². The smallest absolute Gasteiger partial charge is 0.274 e. The summed E-state index contributed by atoms with van der Waals surface area (Å²) in [6, 6.07) is 7.34. The number of anilines is 2. The van der Waals surface area contributed by atoms with Crippen LogP contribution in [0.1, 0.15) is 35.1 Å². The fourth-order valence-electron chi connectivity index (χ4n) is 1.92. The molecule has 0 saturated carbocycles. The highest BCUT2D eigenvalue weighted by Gasteiger charge is 2.11. The number of hydrogen-bond acceptors (Lipinski definition) is 4. The maximum absolute atomic E-state index is 12.3. The van der Waals surface area contributed by atoms with Gasteiger partial charge in [0.15, 0.2) is 0 Å². The van der Waals surface area contributed by atoms with E-state index in [1.807, 2.05) is 32.0 Å². The lowest BCUT2D eigenvalue weighted by molar-refractivity contribution is 0.102. The lowest BCUT2D eigenvalue weighted by atomic mass is 10.2. The van der Waals surface area contributed by atoms with E-state index in [0.29, 0.717) is 11.6 Å². The molecule has 1 amide bonds. The molecule has 2 aromatic rings. The largest absolute Gasteiger partial charge is 0.354 e. The Bertz CT molecular complexity index is 688. The van der Waals surface area contributed by atoms with Crippen molar-refractivity contribution in [2.24, 2.45) is 0 Å². The maximum Gasteiger partial charge on any atom is 0.274 e. The summed E-state index contributed by atoms with van der Waals surface area (Å²) in [5, 5.41) is 5.96. The van der Waals surface area contributed by atoms with Crippen molar-refractivity contribution in [3.05, 3.63) is 45.7 Å². The number of hydrogen-bond donors (Lipinski definition) is 2. The van der Waals surface area contributed by atoms with Crippen molar-refractivity contribution in [1.82, 2.24) is 9.97 Å². The fraction of sp³-hybridized carbons (Fsp3) is 0.312. The summed E-state index contributed by atoms with van der Waals surface area (Å²) >= 11 is 3.44. The summed E-state index contributed by atoms with van der Waals surface area (Å²) in [4.78, 5) is 20.9. The Morgan fingerprint density at radius 3 is 2.68 bits per heavy atom. The average molecular weight is 363 g/mol. The average Bonchev–Trinajstić information content (AvgIpc) is 2.48. The number of amides is 1. The third-order valence-corrected chi connectivity index (χ3v) is 3.93. The van der Waals surface area contributed by atoms with E-state index in [0.717, 1.165) is 34.4 Å². The van der Waals surface area contributed by atoms with Crippen LogP contribution in [-0.4, -0.2) is 22.4 Å². The summed E-state index contributed by atoms with van der Waals surface area (Å²) in [6.07, 6.45) is 0.969. The van der Waals surface area contributed by atoms with Crippen LogP contribution in [0, 0.1) is 13.8 Å². The van der Waals surface area contributed by atoms with Gasteiger partial charge in [0.05, 0.1) is 0 Å². The van der Waals surface area contributed by atoms with Crippen LogP contribution in [0.5, 0.6) is 0 Å². The molecule has 2 N–H and O–H groups in total. The van der Waals surface area contributed by atoms with Gasteiger partial charge in [0, 0.05) is 22.4 Å². The second-order valence-corrected chi connectivity index (χ2v) is 5.92.